The largest absolute Gasteiger partial charge is 0.374 e. The smallest absolute Gasteiger partial charge is 0.0766 e. The van der Waals surface area contributed by atoms with Crippen LogP contribution in [0.5, 0.6) is 0 Å². The third-order valence-corrected chi connectivity index (χ3v) is 7.55. The summed E-state index contributed by atoms with van der Waals surface area (Å²) in [5.41, 5.74) is -0.329. The third kappa shape index (κ3) is 4.67. The molecule has 0 aromatic heterocycles. The van der Waals surface area contributed by atoms with Crippen molar-refractivity contribution in [3.8, 4) is 0 Å². The maximum Gasteiger partial charge on any atom is 0.0766 e. The molecule has 0 aliphatic heterocycles. The van der Waals surface area contributed by atoms with Gasteiger partial charge in [-0.05, 0) is 55.4 Å². The van der Waals surface area contributed by atoms with Crippen molar-refractivity contribution in [2.45, 2.75) is 76.9 Å². The first-order valence-corrected chi connectivity index (χ1v) is 9.40. The molecule has 0 rings (SSSR count). The molecule has 0 heterocycles. The van der Waals surface area contributed by atoms with Crippen molar-refractivity contribution in [1.82, 2.24) is 5.32 Å². The number of hydrogen-bond donors (Lipinski definition) is 1. The van der Waals surface area contributed by atoms with Gasteiger partial charge in [0.15, 0.2) is 0 Å². The van der Waals surface area contributed by atoms with Crippen molar-refractivity contribution in [1.29, 1.82) is 0 Å². The van der Waals surface area contributed by atoms with Crippen molar-refractivity contribution in [2.24, 2.45) is 0 Å². The first-order valence-electron chi connectivity index (χ1n) is 7.40. The minimum absolute atomic E-state index is 0.00782. The Balaban J connectivity index is 5.09. The molecule has 0 aliphatic rings. The van der Waals surface area contributed by atoms with Crippen LogP contribution >= 0.6 is 0 Å². The van der Waals surface area contributed by atoms with Gasteiger partial charge in [0.1, 0.15) is 0 Å². The molecule has 5 heteroatoms. The predicted octanol–water partition coefficient (Wildman–Crippen LogP) is 0.369. The molecule has 0 bridgehead atoms. The molecule has 0 radical (unpaired) electrons. The van der Waals surface area contributed by atoms with Gasteiger partial charge >= 0.3 is 0 Å². The molecular weight excluding hydrogens is 270 g/mol. The lowest BCUT2D eigenvalue weighted by atomic mass is 9.93. The van der Waals surface area contributed by atoms with Crippen LogP contribution in [-0.4, -0.2) is 55.2 Å². The van der Waals surface area contributed by atoms with E-state index < -0.39 is 0 Å². The fourth-order valence-electron chi connectivity index (χ4n) is 2.16. The van der Waals surface area contributed by atoms with E-state index in [-0.39, 0.29) is 21.5 Å². The zero-order valence-corrected chi connectivity index (χ0v) is 18.7. The molecule has 0 saturated heterocycles. The van der Waals surface area contributed by atoms with Crippen molar-refractivity contribution < 1.29 is 9.47 Å². The number of hydrogen-bond acceptors (Lipinski definition) is 3. The molecule has 116 valence electrons. The summed E-state index contributed by atoms with van der Waals surface area (Å²) in [5.74, 6) is 0. The summed E-state index contributed by atoms with van der Waals surface area (Å²) in [4.78, 5) is 0. The molecule has 0 aromatic carbocycles. The number of rotatable bonds is 8. The molecule has 0 fully saturated rings. The first kappa shape index (κ1) is 19.3. The van der Waals surface area contributed by atoms with E-state index in [1.165, 1.54) is 0 Å². The zero-order valence-electron chi connectivity index (χ0n) is 14.7. The van der Waals surface area contributed by atoms with Crippen molar-refractivity contribution >= 4 is 20.5 Å². The van der Waals surface area contributed by atoms with Crippen LogP contribution in [0.1, 0.15) is 55.4 Å². The second-order valence-corrected chi connectivity index (χ2v) is 11.3. The Bertz CT molecular complexity index is 261. The summed E-state index contributed by atoms with van der Waals surface area (Å²) >= 11 is 0. The van der Waals surface area contributed by atoms with Gasteiger partial charge in [0, 0.05) is 44.0 Å². The summed E-state index contributed by atoms with van der Waals surface area (Å²) in [6.07, 6.45) is 0. The van der Waals surface area contributed by atoms with Gasteiger partial charge < -0.3 is 14.8 Å². The standard InChI is InChI=1S/C14H35NO2Si2/c1-9-16-11(3,4)13(7,18)15-14(8,19)12(5,6)17-10-2/h15H,9-10H2,1-8,18-19H3. The maximum absolute atomic E-state index is 5.96. The number of ether oxygens (including phenoxy) is 2. The molecule has 0 amide bonds. The third-order valence-electron chi connectivity index (χ3n) is 4.65. The average Bonchev–Trinajstić information content (AvgIpc) is 2.14. The van der Waals surface area contributed by atoms with Crippen molar-refractivity contribution in [3.63, 3.8) is 0 Å². The average molecular weight is 306 g/mol. The molecule has 2 atom stereocenters. The van der Waals surface area contributed by atoms with Crippen molar-refractivity contribution in [3.05, 3.63) is 0 Å². The Morgan fingerprint density at radius 2 is 1.00 bits per heavy atom. The lowest BCUT2D eigenvalue weighted by Crippen LogP contribution is -2.72. The van der Waals surface area contributed by atoms with Crippen molar-refractivity contribution in [2.75, 3.05) is 13.2 Å². The summed E-state index contributed by atoms with van der Waals surface area (Å²) in [6, 6.07) is 0. The van der Waals surface area contributed by atoms with E-state index >= 15 is 0 Å². The van der Waals surface area contributed by atoms with E-state index in [0.29, 0.717) is 0 Å². The molecule has 3 nitrogen and oxygen atoms in total. The molecule has 1 N–H and O–H groups in total. The van der Waals surface area contributed by atoms with Crippen LogP contribution in [0.3, 0.4) is 0 Å². The van der Waals surface area contributed by atoms with Gasteiger partial charge in [-0.3, -0.25) is 0 Å². The van der Waals surface area contributed by atoms with Crippen LogP contribution in [0.15, 0.2) is 0 Å². The number of nitrogens with one attached hydrogen (secondary N) is 1. The highest BCUT2D eigenvalue weighted by Gasteiger charge is 2.46. The zero-order chi connectivity index (χ0) is 15.5. The van der Waals surface area contributed by atoms with Gasteiger partial charge in [0.05, 0.1) is 11.2 Å². The molecule has 0 aromatic rings. The highest BCUT2D eigenvalue weighted by atomic mass is 28.2. The fraction of sp³-hybridized carbons (Fsp3) is 1.00. The minimum atomic E-state index is -0.165. The molecule has 0 spiro atoms. The summed E-state index contributed by atoms with van der Waals surface area (Å²) < 4.78 is 11.9. The van der Waals surface area contributed by atoms with E-state index in [1.54, 1.807) is 0 Å². The van der Waals surface area contributed by atoms with Gasteiger partial charge in [0.2, 0.25) is 0 Å². The molecule has 2 unspecified atom stereocenters. The Labute approximate surface area is 126 Å². The fourth-order valence-corrected chi connectivity index (χ4v) is 4.20. The maximum atomic E-state index is 5.96. The molecule has 0 aliphatic carbocycles. The molecule has 0 saturated carbocycles. The first-order chi connectivity index (χ1) is 8.33. The van der Waals surface area contributed by atoms with E-state index in [1.807, 2.05) is 0 Å². The van der Waals surface area contributed by atoms with Crippen LogP contribution in [0.25, 0.3) is 0 Å². The second kappa shape index (κ2) is 6.39. The Kier molecular flexibility index (Phi) is 6.49. The van der Waals surface area contributed by atoms with Crippen LogP contribution in [0.2, 0.25) is 0 Å². The van der Waals surface area contributed by atoms with E-state index in [0.717, 1.165) is 33.7 Å². The van der Waals surface area contributed by atoms with E-state index in [2.05, 4.69) is 60.7 Å². The van der Waals surface area contributed by atoms with Crippen LogP contribution in [0.4, 0.5) is 0 Å². The summed E-state index contributed by atoms with van der Waals surface area (Å²) in [5, 5.41) is 3.87. The Morgan fingerprint density at radius 3 is 1.21 bits per heavy atom. The SMILES string of the molecule is CCOC(C)(C)C(C)([SiH3])NC(C)([SiH3])C(C)(C)OCC. The topological polar surface area (TPSA) is 30.5 Å². The van der Waals surface area contributed by atoms with E-state index in [9.17, 15) is 0 Å². The highest BCUT2D eigenvalue weighted by molar-refractivity contribution is 6.19. The predicted molar refractivity (Wildman–Crippen MR) is 91.2 cm³/mol. The van der Waals surface area contributed by atoms with Gasteiger partial charge in [0.25, 0.3) is 0 Å². The summed E-state index contributed by atoms with van der Waals surface area (Å²) in [6.45, 7) is 18.9. The summed E-state index contributed by atoms with van der Waals surface area (Å²) in [7, 11) is 2.04. The van der Waals surface area contributed by atoms with E-state index in [4.69, 9.17) is 9.47 Å². The monoisotopic (exact) mass is 305 g/mol. The minimum Gasteiger partial charge on any atom is -0.374 e. The van der Waals surface area contributed by atoms with Crippen LogP contribution < -0.4 is 5.32 Å². The lowest BCUT2D eigenvalue weighted by molar-refractivity contribution is -0.0830. The van der Waals surface area contributed by atoms with Gasteiger partial charge in [-0.2, -0.15) is 0 Å². The van der Waals surface area contributed by atoms with Crippen LogP contribution in [0, 0.1) is 0 Å². The van der Waals surface area contributed by atoms with Gasteiger partial charge in [-0.15, -0.1) is 0 Å². The quantitative estimate of drug-likeness (QED) is 0.657. The highest BCUT2D eigenvalue weighted by Crippen LogP contribution is 2.30. The van der Waals surface area contributed by atoms with Gasteiger partial charge in [-0.25, -0.2) is 0 Å². The van der Waals surface area contributed by atoms with Gasteiger partial charge in [-0.1, -0.05) is 0 Å². The second-order valence-electron chi connectivity index (χ2n) is 7.26. The Morgan fingerprint density at radius 1 is 0.737 bits per heavy atom. The lowest BCUT2D eigenvalue weighted by Gasteiger charge is -2.51. The molecule has 19 heavy (non-hydrogen) atoms. The Hall–Kier alpha value is 0.314. The van der Waals surface area contributed by atoms with Crippen LogP contribution in [-0.2, 0) is 9.47 Å². The normalized spacial score (nSPS) is 20.2. The molecular formula is C14H35NO2Si2.